The Morgan fingerprint density at radius 3 is 2.59 bits per heavy atom. The summed E-state index contributed by atoms with van der Waals surface area (Å²) in [5.74, 6) is 0.849. The number of anilines is 1. The second kappa shape index (κ2) is 11.6. The largest absolute Gasteiger partial charge is 0.368 e. The Kier molecular flexibility index (Phi) is 8.58. The van der Waals surface area contributed by atoms with Crippen LogP contribution in [0.2, 0.25) is 5.02 Å². The number of piperazine rings is 1. The first-order valence-corrected chi connectivity index (χ1v) is 10.8. The molecule has 0 spiro atoms. The van der Waals surface area contributed by atoms with Crippen molar-refractivity contribution in [2.75, 3.05) is 50.7 Å². The van der Waals surface area contributed by atoms with Crippen molar-refractivity contribution in [1.82, 2.24) is 20.5 Å². The molecular weight excluding hydrogens is 384 g/mol. The number of hydrogen-bond acceptors (Lipinski definition) is 4. The normalized spacial score (nSPS) is 15.4. The summed E-state index contributed by atoms with van der Waals surface area (Å²) in [7, 11) is 0. The lowest BCUT2D eigenvalue weighted by Gasteiger charge is -2.36. The van der Waals surface area contributed by atoms with Gasteiger partial charge < -0.3 is 15.5 Å². The molecule has 0 atom stereocenters. The number of aromatic nitrogens is 1. The Morgan fingerprint density at radius 2 is 1.86 bits per heavy atom. The summed E-state index contributed by atoms with van der Waals surface area (Å²) in [5.41, 5.74) is 2.12. The van der Waals surface area contributed by atoms with E-state index in [-0.39, 0.29) is 0 Å². The lowest BCUT2D eigenvalue weighted by atomic mass is 10.2. The molecule has 3 rings (SSSR count). The maximum atomic E-state index is 6.33. The topological polar surface area (TPSA) is 55.8 Å². The van der Waals surface area contributed by atoms with Gasteiger partial charge in [-0.25, -0.2) is 4.99 Å². The van der Waals surface area contributed by atoms with Crippen LogP contribution in [0.4, 0.5) is 5.69 Å². The van der Waals surface area contributed by atoms with Gasteiger partial charge in [-0.3, -0.25) is 9.88 Å². The molecule has 2 aromatic rings. The number of guanidine groups is 1. The lowest BCUT2D eigenvalue weighted by molar-refractivity contribution is 0.255. The Hall–Kier alpha value is -2.31. The highest BCUT2D eigenvalue weighted by molar-refractivity contribution is 6.33. The van der Waals surface area contributed by atoms with Gasteiger partial charge in [-0.2, -0.15) is 0 Å². The average Bonchev–Trinajstić information content (AvgIpc) is 2.76. The van der Waals surface area contributed by atoms with Crippen molar-refractivity contribution in [3.63, 3.8) is 0 Å². The van der Waals surface area contributed by atoms with Crippen LogP contribution in [-0.4, -0.2) is 61.7 Å². The van der Waals surface area contributed by atoms with Crippen LogP contribution in [0.25, 0.3) is 0 Å². The van der Waals surface area contributed by atoms with Crippen molar-refractivity contribution in [2.24, 2.45) is 4.99 Å². The standard InChI is InChI=1S/C22H31ClN6/c1-2-24-22(27-18-19-8-5-6-11-25-19)26-12-7-13-28-14-16-29(17-15-28)21-10-4-3-9-20(21)23/h3-6,8-11H,2,7,12-18H2,1H3,(H2,24,26,27). The molecule has 0 saturated carbocycles. The zero-order valence-electron chi connectivity index (χ0n) is 17.1. The van der Waals surface area contributed by atoms with Crippen LogP contribution in [0.15, 0.2) is 53.7 Å². The number of nitrogens with zero attached hydrogens (tertiary/aromatic N) is 4. The molecule has 0 aliphatic carbocycles. The number of nitrogens with one attached hydrogen (secondary N) is 2. The van der Waals surface area contributed by atoms with E-state index in [1.807, 2.05) is 30.3 Å². The van der Waals surface area contributed by atoms with Crippen LogP contribution in [0.3, 0.4) is 0 Å². The molecule has 0 amide bonds. The molecule has 6 nitrogen and oxygen atoms in total. The van der Waals surface area contributed by atoms with Gasteiger partial charge in [-0.1, -0.05) is 29.8 Å². The molecular formula is C22H31ClN6. The molecule has 1 saturated heterocycles. The van der Waals surface area contributed by atoms with E-state index in [1.54, 1.807) is 6.20 Å². The van der Waals surface area contributed by atoms with E-state index in [1.165, 1.54) is 0 Å². The Bertz CT molecular complexity index is 759. The first-order chi connectivity index (χ1) is 14.3. The average molecular weight is 415 g/mol. The second-order valence-electron chi connectivity index (χ2n) is 7.08. The van der Waals surface area contributed by atoms with Gasteiger partial charge in [0, 0.05) is 45.5 Å². The van der Waals surface area contributed by atoms with Gasteiger partial charge in [0.1, 0.15) is 0 Å². The summed E-state index contributed by atoms with van der Waals surface area (Å²) < 4.78 is 0. The first kappa shape index (κ1) is 21.4. The number of benzene rings is 1. The van der Waals surface area contributed by atoms with E-state index in [4.69, 9.17) is 11.6 Å². The highest BCUT2D eigenvalue weighted by Crippen LogP contribution is 2.25. The molecule has 1 aliphatic heterocycles. The summed E-state index contributed by atoms with van der Waals surface area (Å²) in [5, 5.41) is 7.57. The van der Waals surface area contributed by atoms with Crippen LogP contribution in [0.5, 0.6) is 0 Å². The fourth-order valence-corrected chi connectivity index (χ4v) is 3.68. The Morgan fingerprint density at radius 1 is 1.07 bits per heavy atom. The third kappa shape index (κ3) is 6.91. The molecule has 1 aromatic heterocycles. The van der Waals surface area contributed by atoms with Gasteiger partial charge >= 0.3 is 0 Å². The van der Waals surface area contributed by atoms with Crippen LogP contribution >= 0.6 is 11.6 Å². The highest BCUT2D eigenvalue weighted by atomic mass is 35.5. The van der Waals surface area contributed by atoms with Gasteiger partial charge in [0.05, 0.1) is 22.9 Å². The first-order valence-electron chi connectivity index (χ1n) is 10.4. The van der Waals surface area contributed by atoms with Crippen molar-refractivity contribution in [2.45, 2.75) is 19.9 Å². The van der Waals surface area contributed by atoms with Gasteiger partial charge in [0.2, 0.25) is 0 Å². The molecule has 1 aliphatic rings. The number of aliphatic imine (C=N–C) groups is 1. The van der Waals surface area contributed by atoms with E-state index in [0.717, 1.165) is 74.6 Å². The van der Waals surface area contributed by atoms with Crippen molar-refractivity contribution in [3.8, 4) is 0 Å². The van der Waals surface area contributed by atoms with Crippen LogP contribution in [-0.2, 0) is 6.54 Å². The molecule has 1 fully saturated rings. The fourth-order valence-electron chi connectivity index (χ4n) is 3.42. The van der Waals surface area contributed by atoms with Crippen LogP contribution < -0.4 is 15.5 Å². The van der Waals surface area contributed by atoms with Gasteiger partial charge in [-0.15, -0.1) is 0 Å². The Labute approximate surface area is 179 Å². The van der Waals surface area contributed by atoms with Gasteiger partial charge in [0.25, 0.3) is 0 Å². The van der Waals surface area contributed by atoms with Crippen LogP contribution in [0.1, 0.15) is 19.0 Å². The molecule has 2 heterocycles. The summed E-state index contributed by atoms with van der Waals surface area (Å²) in [6.07, 6.45) is 2.89. The highest BCUT2D eigenvalue weighted by Gasteiger charge is 2.18. The number of pyridine rings is 1. The summed E-state index contributed by atoms with van der Waals surface area (Å²) in [6, 6.07) is 14.0. The number of hydrogen-bond donors (Lipinski definition) is 2. The van der Waals surface area contributed by atoms with Crippen LogP contribution in [0, 0.1) is 0 Å². The third-order valence-corrected chi connectivity index (χ3v) is 5.30. The van der Waals surface area contributed by atoms with E-state index >= 15 is 0 Å². The molecule has 156 valence electrons. The summed E-state index contributed by atoms with van der Waals surface area (Å²) in [4.78, 5) is 13.8. The maximum Gasteiger partial charge on any atom is 0.191 e. The molecule has 1 aromatic carbocycles. The Balaban J connectivity index is 1.37. The third-order valence-electron chi connectivity index (χ3n) is 4.98. The lowest BCUT2D eigenvalue weighted by Crippen LogP contribution is -2.47. The predicted molar refractivity (Wildman–Crippen MR) is 122 cm³/mol. The van der Waals surface area contributed by atoms with Gasteiger partial charge in [0.15, 0.2) is 5.96 Å². The molecule has 2 N–H and O–H groups in total. The monoisotopic (exact) mass is 414 g/mol. The maximum absolute atomic E-state index is 6.33. The van der Waals surface area contributed by atoms with Crippen molar-refractivity contribution in [1.29, 1.82) is 0 Å². The van der Waals surface area contributed by atoms with Gasteiger partial charge in [-0.05, 0) is 44.2 Å². The van der Waals surface area contributed by atoms with E-state index < -0.39 is 0 Å². The van der Waals surface area contributed by atoms with E-state index in [9.17, 15) is 0 Å². The van der Waals surface area contributed by atoms with E-state index in [0.29, 0.717) is 6.54 Å². The number of halogens is 1. The molecule has 0 radical (unpaired) electrons. The smallest absolute Gasteiger partial charge is 0.191 e. The summed E-state index contributed by atoms with van der Waals surface area (Å²) >= 11 is 6.33. The zero-order chi connectivity index (χ0) is 20.3. The van der Waals surface area contributed by atoms with E-state index in [2.05, 4.69) is 49.5 Å². The molecule has 29 heavy (non-hydrogen) atoms. The fraction of sp³-hybridized carbons (Fsp3) is 0.455. The predicted octanol–water partition coefficient (Wildman–Crippen LogP) is 3.00. The minimum atomic E-state index is 0.584. The zero-order valence-corrected chi connectivity index (χ0v) is 17.9. The quantitative estimate of drug-likeness (QED) is 0.395. The number of para-hydroxylation sites is 1. The molecule has 7 heteroatoms. The second-order valence-corrected chi connectivity index (χ2v) is 7.48. The number of rotatable bonds is 8. The van der Waals surface area contributed by atoms with Crippen molar-refractivity contribution in [3.05, 3.63) is 59.4 Å². The minimum absolute atomic E-state index is 0.584. The van der Waals surface area contributed by atoms with Crippen molar-refractivity contribution < 1.29 is 0 Å². The molecule has 0 unspecified atom stereocenters. The summed E-state index contributed by atoms with van der Waals surface area (Å²) in [6.45, 7) is 9.67. The SMILES string of the molecule is CCNC(=NCc1ccccn1)NCCCN1CCN(c2ccccc2Cl)CC1. The molecule has 0 bridgehead atoms. The van der Waals surface area contributed by atoms with Crippen molar-refractivity contribution >= 4 is 23.2 Å². The minimum Gasteiger partial charge on any atom is -0.368 e.